The molecule has 36 heavy (non-hydrogen) atoms. The van der Waals surface area contributed by atoms with Crippen LogP contribution in [0.3, 0.4) is 0 Å². The van der Waals surface area contributed by atoms with Crippen LogP contribution in [-0.4, -0.2) is 42.9 Å². The summed E-state index contributed by atoms with van der Waals surface area (Å²) < 4.78 is 5.52. The number of piperidine rings is 1. The summed E-state index contributed by atoms with van der Waals surface area (Å²) in [4.78, 5) is 29.2. The molecule has 1 fully saturated rings. The van der Waals surface area contributed by atoms with Crippen molar-refractivity contribution in [2.45, 2.75) is 50.4 Å². The molecular formula is C32H35NO3. The number of hydrogen-bond acceptors (Lipinski definition) is 4. The number of ether oxygens (including phenoxy) is 1. The highest BCUT2D eigenvalue weighted by Gasteiger charge is 2.44. The molecule has 0 bridgehead atoms. The van der Waals surface area contributed by atoms with Crippen LogP contribution in [-0.2, 0) is 32.6 Å². The molecule has 0 amide bonds. The van der Waals surface area contributed by atoms with Gasteiger partial charge in [-0.2, -0.15) is 0 Å². The number of aryl methyl sites for hydroxylation is 2. The van der Waals surface area contributed by atoms with Gasteiger partial charge in [0.2, 0.25) is 0 Å². The van der Waals surface area contributed by atoms with Crippen LogP contribution in [0.1, 0.15) is 59.9 Å². The molecule has 0 saturated carbocycles. The summed E-state index contributed by atoms with van der Waals surface area (Å²) in [5, 5.41) is 0. The zero-order chi connectivity index (χ0) is 25.0. The molecule has 1 heterocycles. The normalized spacial score (nSPS) is 17.5. The van der Waals surface area contributed by atoms with Crippen LogP contribution in [0.5, 0.6) is 0 Å². The Kier molecular flexibility index (Phi) is 7.33. The van der Waals surface area contributed by atoms with Crippen molar-refractivity contribution in [1.29, 1.82) is 0 Å². The number of Topliss-reactive ketones (excluding diaryl/α,β-unsaturated/α-hetero) is 1. The van der Waals surface area contributed by atoms with Gasteiger partial charge in [0.15, 0.2) is 0 Å². The molecule has 0 N–H and O–H groups in total. The van der Waals surface area contributed by atoms with Gasteiger partial charge in [-0.1, -0.05) is 78.9 Å². The molecule has 0 spiro atoms. The predicted molar refractivity (Wildman–Crippen MR) is 142 cm³/mol. The van der Waals surface area contributed by atoms with E-state index in [1.807, 2.05) is 37.3 Å². The van der Waals surface area contributed by atoms with Gasteiger partial charge in [-0.25, -0.2) is 0 Å². The average Bonchev–Trinajstić information content (AvgIpc) is 3.10. The van der Waals surface area contributed by atoms with Gasteiger partial charge in [0, 0.05) is 13.0 Å². The number of benzene rings is 3. The quantitative estimate of drug-likeness (QED) is 0.420. The second kappa shape index (κ2) is 10.8. The lowest BCUT2D eigenvalue weighted by Gasteiger charge is -2.40. The Bertz CT molecular complexity index is 1160. The van der Waals surface area contributed by atoms with E-state index in [1.54, 1.807) is 0 Å². The van der Waals surface area contributed by atoms with E-state index >= 15 is 0 Å². The van der Waals surface area contributed by atoms with Crippen LogP contribution in [0.2, 0.25) is 0 Å². The van der Waals surface area contributed by atoms with Gasteiger partial charge < -0.3 is 9.64 Å². The fourth-order valence-corrected chi connectivity index (χ4v) is 6.08. The van der Waals surface area contributed by atoms with Crippen LogP contribution in [0.4, 0.5) is 0 Å². The van der Waals surface area contributed by atoms with Crippen LogP contribution >= 0.6 is 0 Å². The van der Waals surface area contributed by atoms with E-state index in [-0.39, 0.29) is 17.7 Å². The number of ketones is 1. The molecule has 3 aromatic carbocycles. The number of nitrogens with zero attached hydrogens (tertiary/aromatic N) is 1. The molecule has 2 aliphatic rings. The number of esters is 1. The zero-order valence-electron chi connectivity index (χ0n) is 21.1. The van der Waals surface area contributed by atoms with E-state index in [0.29, 0.717) is 32.4 Å². The first kappa shape index (κ1) is 24.5. The fourth-order valence-electron chi connectivity index (χ4n) is 6.08. The highest BCUT2D eigenvalue weighted by Crippen LogP contribution is 2.38. The van der Waals surface area contributed by atoms with E-state index in [1.165, 1.54) is 11.1 Å². The molecule has 1 aliphatic heterocycles. The number of hydrogen-bond donors (Lipinski definition) is 0. The third-order valence-corrected chi connectivity index (χ3v) is 8.09. The predicted octanol–water partition coefficient (Wildman–Crippen LogP) is 5.47. The van der Waals surface area contributed by atoms with Gasteiger partial charge >= 0.3 is 5.97 Å². The first-order chi connectivity index (χ1) is 17.6. The van der Waals surface area contributed by atoms with Crippen molar-refractivity contribution < 1.29 is 14.3 Å². The SMILES string of the molecule is CCOC(=O)C1(c2ccccc2)CCN(CCC(=O)C2c3ccccc3CCc3ccccc32)CC1. The minimum atomic E-state index is -0.600. The van der Waals surface area contributed by atoms with Crippen LogP contribution in [0, 0.1) is 0 Å². The Hall–Kier alpha value is -3.24. The molecule has 0 aromatic heterocycles. The molecule has 0 atom stereocenters. The highest BCUT2D eigenvalue weighted by molar-refractivity contribution is 5.90. The first-order valence-corrected chi connectivity index (χ1v) is 13.3. The molecule has 4 heteroatoms. The smallest absolute Gasteiger partial charge is 0.316 e. The van der Waals surface area contributed by atoms with Gasteiger partial charge in [-0.3, -0.25) is 9.59 Å². The average molecular weight is 482 g/mol. The molecule has 4 nitrogen and oxygen atoms in total. The Morgan fingerprint density at radius 2 is 1.39 bits per heavy atom. The second-order valence-corrected chi connectivity index (χ2v) is 10.1. The Balaban J connectivity index is 1.30. The number of rotatable bonds is 7. The highest BCUT2D eigenvalue weighted by atomic mass is 16.5. The summed E-state index contributed by atoms with van der Waals surface area (Å²) in [5.74, 6) is -0.0479. The van der Waals surface area contributed by atoms with E-state index in [4.69, 9.17) is 4.74 Å². The fraction of sp³-hybridized carbons (Fsp3) is 0.375. The molecule has 3 aromatic rings. The lowest BCUT2D eigenvalue weighted by atomic mass is 9.72. The van der Waals surface area contributed by atoms with Gasteiger partial charge in [0.1, 0.15) is 5.78 Å². The Morgan fingerprint density at radius 1 is 0.833 bits per heavy atom. The van der Waals surface area contributed by atoms with Gasteiger partial charge in [0.05, 0.1) is 17.9 Å². The topological polar surface area (TPSA) is 46.6 Å². The molecule has 0 radical (unpaired) electrons. The lowest BCUT2D eigenvalue weighted by molar-refractivity contribution is -0.152. The van der Waals surface area contributed by atoms with Crippen LogP contribution in [0.25, 0.3) is 0 Å². The van der Waals surface area contributed by atoms with Crippen molar-refractivity contribution >= 4 is 11.8 Å². The van der Waals surface area contributed by atoms with Crippen LogP contribution in [0.15, 0.2) is 78.9 Å². The third-order valence-electron chi connectivity index (χ3n) is 8.09. The van der Waals surface area contributed by atoms with Crippen molar-refractivity contribution in [3.8, 4) is 0 Å². The number of fused-ring (bicyclic) bond motifs is 2. The monoisotopic (exact) mass is 481 g/mol. The standard InChI is InChI=1S/C32H35NO3/c1-2-36-31(35)32(26-12-4-3-5-13-26)19-22-33(23-20-32)21-18-29(34)30-27-14-8-6-10-24(27)16-17-25-11-7-9-15-28(25)30/h3-15,30H,2,16-23H2,1H3. The maximum absolute atomic E-state index is 13.8. The zero-order valence-corrected chi connectivity index (χ0v) is 21.1. The van der Waals surface area contributed by atoms with Crippen LogP contribution < -0.4 is 0 Å². The Morgan fingerprint density at radius 3 is 1.97 bits per heavy atom. The minimum absolute atomic E-state index is 0.126. The Labute approximate surface area is 214 Å². The number of carbonyl (C=O) groups is 2. The largest absolute Gasteiger partial charge is 0.465 e. The van der Waals surface area contributed by atoms with E-state index < -0.39 is 5.41 Å². The summed E-state index contributed by atoms with van der Waals surface area (Å²) in [6.45, 7) is 4.52. The van der Waals surface area contributed by atoms with Crippen molar-refractivity contribution in [2.75, 3.05) is 26.2 Å². The second-order valence-electron chi connectivity index (χ2n) is 10.1. The maximum Gasteiger partial charge on any atom is 0.316 e. The minimum Gasteiger partial charge on any atom is -0.465 e. The summed E-state index contributed by atoms with van der Waals surface area (Å²) in [6, 6.07) is 26.9. The molecule has 1 aliphatic carbocycles. The maximum atomic E-state index is 13.8. The van der Waals surface area contributed by atoms with Gasteiger partial charge in [0.25, 0.3) is 0 Å². The molecule has 186 valence electrons. The summed E-state index contributed by atoms with van der Waals surface area (Å²) in [7, 11) is 0. The first-order valence-electron chi connectivity index (χ1n) is 13.3. The van der Waals surface area contributed by atoms with Gasteiger partial charge in [-0.15, -0.1) is 0 Å². The summed E-state index contributed by atoms with van der Waals surface area (Å²) >= 11 is 0. The van der Waals surface area contributed by atoms with Crippen molar-refractivity contribution in [3.63, 3.8) is 0 Å². The molecule has 5 rings (SSSR count). The van der Waals surface area contributed by atoms with Gasteiger partial charge in [-0.05, 0) is 73.5 Å². The number of carbonyl (C=O) groups excluding carboxylic acids is 2. The summed E-state index contributed by atoms with van der Waals surface area (Å²) in [5.41, 5.74) is 5.33. The van der Waals surface area contributed by atoms with E-state index in [9.17, 15) is 9.59 Å². The van der Waals surface area contributed by atoms with E-state index in [0.717, 1.165) is 42.6 Å². The summed E-state index contributed by atoms with van der Waals surface area (Å²) in [6.07, 6.45) is 3.86. The van der Waals surface area contributed by atoms with Crippen molar-refractivity contribution in [2.24, 2.45) is 0 Å². The lowest BCUT2D eigenvalue weighted by Crippen LogP contribution is -2.48. The third kappa shape index (κ3) is 4.75. The number of likely N-dealkylation sites (tertiary alicyclic amines) is 1. The van der Waals surface area contributed by atoms with E-state index in [2.05, 4.69) is 53.4 Å². The molecule has 1 saturated heterocycles. The van der Waals surface area contributed by atoms with Crippen molar-refractivity contribution in [3.05, 3.63) is 107 Å². The van der Waals surface area contributed by atoms with Crippen molar-refractivity contribution in [1.82, 2.24) is 4.90 Å². The molecule has 0 unspecified atom stereocenters. The molecular weight excluding hydrogens is 446 g/mol.